The summed E-state index contributed by atoms with van der Waals surface area (Å²) in [6.07, 6.45) is 5.83. The van der Waals surface area contributed by atoms with E-state index in [1.165, 1.54) is 5.56 Å². The zero-order chi connectivity index (χ0) is 20.8. The maximum Gasteiger partial charge on any atom is 0.290 e. The molecule has 3 aromatic rings. The minimum absolute atomic E-state index is 0.247. The molecule has 0 unspecified atom stereocenters. The maximum atomic E-state index is 12.5. The molecule has 30 heavy (non-hydrogen) atoms. The van der Waals surface area contributed by atoms with Crippen molar-refractivity contribution in [1.29, 1.82) is 0 Å². The molecule has 156 valence electrons. The third-order valence-electron chi connectivity index (χ3n) is 5.39. The Bertz CT molecular complexity index is 973. The number of ether oxygens (including phenoxy) is 1. The Labute approximate surface area is 176 Å². The first-order chi connectivity index (χ1) is 14.7. The molecule has 0 bridgehead atoms. The van der Waals surface area contributed by atoms with Crippen molar-refractivity contribution in [3.05, 3.63) is 77.4 Å². The number of methoxy groups -OCH3 is 1. The number of amides is 1. The van der Waals surface area contributed by atoms with Crippen molar-refractivity contribution in [3.8, 4) is 5.75 Å². The van der Waals surface area contributed by atoms with E-state index in [1.54, 1.807) is 19.4 Å². The van der Waals surface area contributed by atoms with E-state index in [4.69, 9.17) is 9.26 Å². The Morgan fingerprint density at radius 3 is 3.00 bits per heavy atom. The Morgan fingerprint density at radius 2 is 2.17 bits per heavy atom. The molecule has 3 heterocycles. The van der Waals surface area contributed by atoms with Crippen LogP contribution in [0.5, 0.6) is 5.75 Å². The van der Waals surface area contributed by atoms with Crippen molar-refractivity contribution in [1.82, 2.24) is 20.4 Å². The average Bonchev–Trinajstić information content (AvgIpc) is 3.29. The van der Waals surface area contributed by atoms with Crippen LogP contribution in [0.4, 0.5) is 0 Å². The van der Waals surface area contributed by atoms with Crippen LogP contribution >= 0.6 is 0 Å². The largest absolute Gasteiger partial charge is 0.497 e. The number of hydrogen-bond donors (Lipinski definition) is 1. The molecule has 1 aliphatic heterocycles. The fourth-order valence-corrected chi connectivity index (χ4v) is 3.83. The van der Waals surface area contributed by atoms with E-state index in [0.717, 1.165) is 49.5 Å². The van der Waals surface area contributed by atoms with Gasteiger partial charge in [-0.25, -0.2) is 0 Å². The molecule has 1 saturated heterocycles. The molecule has 0 radical (unpaired) electrons. The van der Waals surface area contributed by atoms with Gasteiger partial charge in [0.05, 0.1) is 12.8 Å². The highest BCUT2D eigenvalue weighted by atomic mass is 16.5. The number of rotatable bonds is 7. The smallest absolute Gasteiger partial charge is 0.290 e. The SMILES string of the molecule is COc1cccc(CNC(=O)c2cc([C@@H]3CCCN(Cc4cccnc4)C3)no2)c1. The number of pyridine rings is 1. The van der Waals surface area contributed by atoms with Crippen molar-refractivity contribution in [3.63, 3.8) is 0 Å². The number of aromatic nitrogens is 2. The van der Waals surface area contributed by atoms with Crippen LogP contribution < -0.4 is 10.1 Å². The fraction of sp³-hybridized carbons (Fsp3) is 0.348. The summed E-state index contributed by atoms with van der Waals surface area (Å²) in [5, 5.41) is 7.07. The monoisotopic (exact) mass is 406 g/mol. The second-order valence-electron chi connectivity index (χ2n) is 7.59. The van der Waals surface area contributed by atoms with Crippen LogP contribution in [0.1, 0.15) is 46.1 Å². The van der Waals surface area contributed by atoms with Gasteiger partial charge in [0.2, 0.25) is 5.76 Å². The molecular weight excluding hydrogens is 380 g/mol. The summed E-state index contributed by atoms with van der Waals surface area (Å²) in [4.78, 5) is 19.1. The lowest BCUT2D eigenvalue weighted by atomic mass is 9.94. The molecule has 1 atom stereocenters. The summed E-state index contributed by atoms with van der Waals surface area (Å²) in [5.41, 5.74) is 3.01. The predicted octanol–water partition coefficient (Wildman–Crippen LogP) is 3.39. The zero-order valence-electron chi connectivity index (χ0n) is 17.1. The lowest BCUT2D eigenvalue weighted by Crippen LogP contribution is -2.34. The van der Waals surface area contributed by atoms with E-state index in [9.17, 15) is 4.79 Å². The Morgan fingerprint density at radius 1 is 1.27 bits per heavy atom. The number of carbonyl (C=O) groups is 1. The molecule has 0 aliphatic carbocycles. The highest BCUT2D eigenvalue weighted by Gasteiger charge is 2.25. The van der Waals surface area contributed by atoms with Crippen LogP contribution in [-0.2, 0) is 13.1 Å². The van der Waals surface area contributed by atoms with E-state index in [1.807, 2.05) is 36.5 Å². The van der Waals surface area contributed by atoms with E-state index >= 15 is 0 Å². The topological polar surface area (TPSA) is 80.5 Å². The summed E-state index contributed by atoms with van der Waals surface area (Å²) in [7, 11) is 1.62. The highest BCUT2D eigenvalue weighted by Crippen LogP contribution is 2.27. The third-order valence-corrected chi connectivity index (χ3v) is 5.39. The number of likely N-dealkylation sites (tertiary alicyclic amines) is 1. The second-order valence-corrected chi connectivity index (χ2v) is 7.59. The molecule has 1 N–H and O–H groups in total. The number of nitrogens with zero attached hydrogens (tertiary/aromatic N) is 3. The Kier molecular flexibility index (Phi) is 6.39. The average molecular weight is 406 g/mol. The minimum atomic E-state index is -0.264. The van der Waals surface area contributed by atoms with Gasteiger partial charge < -0.3 is 14.6 Å². The highest BCUT2D eigenvalue weighted by molar-refractivity contribution is 5.91. The first-order valence-corrected chi connectivity index (χ1v) is 10.2. The predicted molar refractivity (Wildman–Crippen MR) is 112 cm³/mol. The van der Waals surface area contributed by atoms with Crippen molar-refractivity contribution in [2.45, 2.75) is 31.8 Å². The summed E-state index contributed by atoms with van der Waals surface area (Å²) in [6.45, 7) is 3.22. The number of piperidine rings is 1. The van der Waals surface area contributed by atoms with Crippen LogP contribution in [0.3, 0.4) is 0 Å². The van der Waals surface area contributed by atoms with Gasteiger partial charge in [-0.15, -0.1) is 0 Å². The molecule has 1 aliphatic rings. The van der Waals surface area contributed by atoms with Crippen LogP contribution in [0.25, 0.3) is 0 Å². The number of hydrogen-bond acceptors (Lipinski definition) is 6. The molecule has 0 spiro atoms. The fourth-order valence-electron chi connectivity index (χ4n) is 3.83. The molecule has 0 saturated carbocycles. The second kappa shape index (κ2) is 9.54. The molecule has 4 rings (SSSR count). The number of nitrogens with one attached hydrogen (secondary N) is 1. The first-order valence-electron chi connectivity index (χ1n) is 10.2. The molecule has 1 aromatic carbocycles. The molecular formula is C23H26N4O3. The van der Waals surface area contributed by atoms with Crippen molar-refractivity contribution >= 4 is 5.91 Å². The summed E-state index contributed by atoms with van der Waals surface area (Å²) >= 11 is 0. The van der Waals surface area contributed by atoms with Gasteiger partial charge in [-0.1, -0.05) is 23.4 Å². The van der Waals surface area contributed by atoms with Gasteiger partial charge in [-0.05, 0) is 48.7 Å². The number of carbonyl (C=O) groups excluding carboxylic acids is 1. The molecule has 1 amide bonds. The Balaban J connectivity index is 1.34. The van der Waals surface area contributed by atoms with Crippen molar-refractivity contribution in [2.75, 3.05) is 20.2 Å². The van der Waals surface area contributed by atoms with Gasteiger partial charge in [0.25, 0.3) is 5.91 Å². The summed E-state index contributed by atoms with van der Waals surface area (Å²) in [5.74, 6) is 1.01. The van der Waals surface area contributed by atoms with Gasteiger partial charge in [0.15, 0.2) is 0 Å². The van der Waals surface area contributed by atoms with E-state index in [-0.39, 0.29) is 17.6 Å². The van der Waals surface area contributed by atoms with Crippen LogP contribution in [0.15, 0.2) is 59.4 Å². The molecule has 7 nitrogen and oxygen atoms in total. The lowest BCUT2D eigenvalue weighted by molar-refractivity contribution is 0.0913. The quantitative estimate of drug-likeness (QED) is 0.648. The third kappa shape index (κ3) is 5.04. The van der Waals surface area contributed by atoms with E-state index in [0.29, 0.717) is 6.54 Å². The first kappa shape index (κ1) is 20.1. The molecule has 2 aromatic heterocycles. The van der Waals surface area contributed by atoms with Gasteiger partial charge in [0.1, 0.15) is 5.75 Å². The zero-order valence-corrected chi connectivity index (χ0v) is 17.1. The maximum absolute atomic E-state index is 12.5. The van der Waals surface area contributed by atoms with Gasteiger partial charge in [0, 0.05) is 44.0 Å². The van der Waals surface area contributed by atoms with Crippen LogP contribution in [0, 0.1) is 0 Å². The van der Waals surface area contributed by atoms with Gasteiger partial charge >= 0.3 is 0 Å². The summed E-state index contributed by atoms with van der Waals surface area (Å²) in [6, 6.07) is 13.4. The van der Waals surface area contributed by atoms with Crippen molar-refractivity contribution in [2.24, 2.45) is 0 Å². The van der Waals surface area contributed by atoms with Gasteiger partial charge in [-0.2, -0.15) is 0 Å². The molecule has 1 fully saturated rings. The minimum Gasteiger partial charge on any atom is -0.497 e. The lowest BCUT2D eigenvalue weighted by Gasteiger charge is -2.31. The van der Waals surface area contributed by atoms with E-state index in [2.05, 4.69) is 26.4 Å². The normalized spacial score (nSPS) is 16.9. The Hall–Kier alpha value is -3.19. The van der Waals surface area contributed by atoms with Crippen LogP contribution in [0.2, 0.25) is 0 Å². The summed E-state index contributed by atoms with van der Waals surface area (Å²) < 4.78 is 10.6. The van der Waals surface area contributed by atoms with Crippen LogP contribution in [-0.4, -0.2) is 41.1 Å². The molecule has 7 heteroatoms. The standard InChI is InChI=1S/C23H26N4O3/c1-29-20-8-2-5-17(11-20)14-25-23(28)22-12-21(26-30-22)19-7-4-10-27(16-19)15-18-6-3-9-24-13-18/h2-3,5-6,8-9,11-13,19H,4,7,10,14-16H2,1H3,(H,25,28)/t19-/m1/s1. The van der Waals surface area contributed by atoms with Gasteiger partial charge in [-0.3, -0.25) is 14.7 Å². The van der Waals surface area contributed by atoms with E-state index < -0.39 is 0 Å². The number of benzene rings is 1. The van der Waals surface area contributed by atoms with Crippen molar-refractivity contribution < 1.29 is 14.1 Å².